The number of aliphatic hydroxyl groups is 1. The van der Waals surface area contributed by atoms with Crippen molar-refractivity contribution in [2.45, 2.75) is 90.8 Å². The van der Waals surface area contributed by atoms with Crippen LogP contribution < -0.4 is 29.3 Å². The van der Waals surface area contributed by atoms with Crippen molar-refractivity contribution in [3.63, 3.8) is 0 Å². The van der Waals surface area contributed by atoms with E-state index in [4.69, 9.17) is 11.6 Å². The average Bonchev–Trinajstić information content (AvgIpc) is 1.59. The number of piperazine rings is 1. The first-order chi connectivity index (χ1) is 51.5. The normalized spacial score (nSPS) is 16.0. The number of aromatic nitrogens is 8. The summed E-state index contributed by atoms with van der Waals surface area (Å²) in [5.74, 6) is -0.534. The van der Waals surface area contributed by atoms with Crippen molar-refractivity contribution in [2.24, 2.45) is 0 Å². The number of carbonyl (C=O) groups is 3. The highest BCUT2D eigenvalue weighted by Gasteiger charge is 2.33. The quantitative estimate of drug-likeness (QED) is 0.0473. The zero-order chi connectivity index (χ0) is 75.2. The van der Waals surface area contributed by atoms with E-state index in [1.54, 1.807) is 112 Å². The second-order valence-electron chi connectivity index (χ2n) is 25.7. The molecule has 0 unspecified atom stereocenters. The number of nitrogens with zero attached hydrogens (tertiary/aromatic N) is 12. The van der Waals surface area contributed by atoms with Gasteiger partial charge in [-0.15, -0.1) is 11.3 Å². The molecular weight excluding hydrogens is 1510 g/mol. The van der Waals surface area contributed by atoms with Gasteiger partial charge in [-0.1, -0.05) is 41.9 Å². The Balaban J connectivity index is 0.000000298. The third-order valence-corrected chi connectivity index (χ3v) is 25.7. The molecule has 0 saturated carbocycles. The molecule has 574 valence electrons. The number of hydrogen-bond acceptors (Lipinski definition) is 20. The topological polar surface area (TPSA) is 314 Å². The molecule has 0 bridgehead atoms. The standard InChI is InChI=1S/C24H24ClN5O4S2.C24H25FN6O3S2.C24H24FN5O3S2.8H2/c25-18-2-1-17-7-9-29(22(17)13-18)15-23(32)30-11-10-28(14-20(30)16-31)19-3-5-21(6-4-19)36(33,34)27-24-26-8-12-35-24;1-16(31-14-11-20-21(25)3-2-4-22(20)31)23(32)28-17-9-12-30(13-10-17)18-5-7-19(8-6-18)36(33,34)29-24-26-15-27-35-24;1-16(30-14-11-20-21(25)3-2-4-22(20)30)23(31)29-12-9-18(10-13-29)17-5-7-19(8-6-17)35(32,33)28-24-26-15-27-34-24;;;;;;;;/h1-9,12-13,20,31H,10-11,14-16H2,(H,26,27);2-8,11,14-17H,9-10,12-13H2,1H3,(H,28,32)(H,26,27,29);2-8,11,14-16,18H,9-10,12-13H2,1H3,(H,26,27,28);8*1H/t20-;2*16-;;;;;;;;/m101......../s1. The lowest BCUT2D eigenvalue weighted by atomic mass is 9.89. The van der Waals surface area contributed by atoms with Crippen molar-refractivity contribution in [3.05, 3.63) is 211 Å². The molecule has 3 saturated heterocycles. The lowest BCUT2D eigenvalue weighted by Crippen LogP contribution is -2.57. The molecule has 9 heterocycles. The van der Waals surface area contributed by atoms with Gasteiger partial charge in [0, 0.05) is 149 Å². The van der Waals surface area contributed by atoms with Crippen LogP contribution in [0.4, 0.5) is 35.6 Å². The van der Waals surface area contributed by atoms with Crippen molar-refractivity contribution in [3.8, 4) is 0 Å². The van der Waals surface area contributed by atoms with Crippen molar-refractivity contribution in [1.82, 2.24) is 52.5 Å². The van der Waals surface area contributed by atoms with Crippen LogP contribution in [-0.4, -0.2) is 160 Å². The lowest BCUT2D eigenvalue weighted by Gasteiger charge is -2.42. The van der Waals surface area contributed by atoms with E-state index in [2.05, 4.69) is 48.1 Å². The third-order valence-electron chi connectivity index (χ3n) is 19.2. The molecule has 26 nitrogen and oxygen atoms in total. The second-order valence-corrected chi connectivity index (χ2v) is 33.7. The summed E-state index contributed by atoms with van der Waals surface area (Å²) in [5.41, 5.74) is 5.07. The van der Waals surface area contributed by atoms with Gasteiger partial charge in [-0.05, 0) is 172 Å². The maximum atomic E-state index is 14.0. The number of rotatable bonds is 20. The number of carbonyl (C=O) groups excluding carboxylic acids is 3. The van der Waals surface area contributed by atoms with Gasteiger partial charge in [-0.25, -0.2) is 49.0 Å². The SMILES string of the molecule is C[C@@H](C(=O)NC1CCN(c2ccc(S(=O)(=O)Nc3ncns3)cc2)CC1)n1ccc2c(F)cccc21.C[C@H](C(=O)N1CCC(c2ccc(S(=O)(=O)Nc3ncns3)cc2)CC1)n1ccc2c(F)cccc21.O=C(Cn1ccc2ccc(Cl)cc21)N1CCN(c2ccc(S(=O)(=O)Nc3nccs3)cc2)C[C@@H]1CO.[HH].[HH].[HH].[HH].[HH].[HH].[HH].[HH]. The molecular formula is C72H89ClF2N16O10S6. The molecule has 6 aromatic carbocycles. The highest BCUT2D eigenvalue weighted by Crippen LogP contribution is 2.34. The molecule has 5 N–H and O–H groups in total. The van der Waals surface area contributed by atoms with E-state index in [-0.39, 0.29) is 96.9 Å². The fraction of sp³-hybridized carbons (Fsp3) is 0.278. The Kier molecular flexibility index (Phi) is 23.0. The van der Waals surface area contributed by atoms with Gasteiger partial charge in [0.15, 0.2) is 5.13 Å². The number of sulfonamides is 3. The second kappa shape index (κ2) is 32.6. The Morgan fingerprint density at radius 1 is 0.598 bits per heavy atom. The molecule has 3 amide bonds. The van der Waals surface area contributed by atoms with Crippen LogP contribution in [0.5, 0.6) is 0 Å². The summed E-state index contributed by atoms with van der Waals surface area (Å²) in [6, 6.07) is 39.5. The monoisotopic (exact) mass is 1600 g/mol. The number of halogens is 3. The molecule has 0 radical (unpaired) electrons. The first kappa shape index (κ1) is 75.3. The number of nitrogens with one attached hydrogen (secondary N) is 4. The van der Waals surface area contributed by atoms with E-state index in [9.17, 15) is 53.5 Å². The molecule has 0 spiro atoms. The van der Waals surface area contributed by atoms with Gasteiger partial charge in [0.05, 0.1) is 38.4 Å². The Hall–Kier alpha value is -9.94. The summed E-state index contributed by atoms with van der Waals surface area (Å²) in [6.07, 6.45) is 12.6. The highest BCUT2D eigenvalue weighted by atomic mass is 35.5. The zero-order valence-corrected chi connectivity index (χ0v) is 63.2. The van der Waals surface area contributed by atoms with Crippen molar-refractivity contribution in [2.75, 3.05) is 76.4 Å². The minimum absolute atomic E-state index is 0. The van der Waals surface area contributed by atoms with Crippen LogP contribution in [0.3, 0.4) is 0 Å². The fourth-order valence-electron chi connectivity index (χ4n) is 13.5. The Morgan fingerprint density at radius 2 is 1.14 bits per heavy atom. The number of amides is 3. The van der Waals surface area contributed by atoms with Gasteiger partial charge in [0.25, 0.3) is 30.1 Å². The summed E-state index contributed by atoms with van der Waals surface area (Å²) in [7, 11) is -11.2. The van der Waals surface area contributed by atoms with Crippen LogP contribution in [0.2, 0.25) is 5.02 Å². The summed E-state index contributed by atoms with van der Waals surface area (Å²) in [6.45, 7) is 7.74. The first-order valence-corrected chi connectivity index (χ1v) is 41.3. The zero-order valence-electron chi connectivity index (χ0n) is 57.5. The molecule has 35 heteroatoms. The van der Waals surface area contributed by atoms with Crippen LogP contribution >= 0.6 is 46.0 Å². The first-order valence-electron chi connectivity index (χ1n) is 34.0. The Labute approximate surface area is 644 Å². The smallest absolute Gasteiger partial charge is 0.263 e. The Morgan fingerprint density at radius 3 is 1.67 bits per heavy atom. The lowest BCUT2D eigenvalue weighted by molar-refractivity contribution is -0.136. The number of thiazole rings is 1. The van der Waals surface area contributed by atoms with E-state index in [1.165, 1.54) is 42.3 Å². The molecule has 12 aromatic rings. The molecule has 3 aliphatic heterocycles. The maximum absolute atomic E-state index is 14.0. The number of benzene rings is 6. The summed E-state index contributed by atoms with van der Waals surface area (Å²) < 4.78 is 124. The van der Waals surface area contributed by atoms with E-state index >= 15 is 0 Å². The van der Waals surface area contributed by atoms with Gasteiger partial charge in [0.1, 0.15) is 42.9 Å². The molecule has 3 atom stereocenters. The van der Waals surface area contributed by atoms with Crippen molar-refractivity contribution < 1.29 is 64.9 Å². The predicted octanol–water partition coefficient (Wildman–Crippen LogP) is 13.4. The van der Waals surface area contributed by atoms with Gasteiger partial charge in [-0.2, -0.15) is 8.75 Å². The minimum Gasteiger partial charge on any atom is -0.394 e. The van der Waals surface area contributed by atoms with Crippen LogP contribution in [0.25, 0.3) is 32.7 Å². The number of hydrogen-bond donors (Lipinski definition) is 5. The van der Waals surface area contributed by atoms with Crippen LogP contribution in [0.1, 0.15) is 74.5 Å². The number of piperidine rings is 2. The summed E-state index contributed by atoms with van der Waals surface area (Å²) in [4.78, 5) is 59.1. The number of anilines is 5. The number of fused-ring (bicyclic) bond motifs is 3. The number of likely N-dealkylation sites (tertiary alicyclic amines) is 1. The third kappa shape index (κ3) is 17.4. The van der Waals surface area contributed by atoms with E-state index in [0.717, 1.165) is 89.7 Å². The van der Waals surface area contributed by atoms with E-state index in [1.807, 2.05) is 87.5 Å². The van der Waals surface area contributed by atoms with Gasteiger partial charge >= 0.3 is 0 Å². The largest absolute Gasteiger partial charge is 0.394 e. The fourth-order valence-corrected chi connectivity index (χ4v) is 18.7. The molecule has 107 heavy (non-hydrogen) atoms. The van der Waals surface area contributed by atoms with Gasteiger partial charge < -0.3 is 43.7 Å². The maximum Gasteiger partial charge on any atom is 0.263 e. The van der Waals surface area contributed by atoms with Crippen molar-refractivity contribution in [1.29, 1.82) is 0 Å². The molecule has 3 aliphatic rings. The van der Waals surface area contributed by atoms with Crippen LogP contribution in [0.15, 0.2) is 203 Å². The predicted molar refractivity (Wildman–Crippen MR) is 427 cm³/mol. The average molecular weight is 1600 g/mol. The Bertz CT molecular complexity index is 5500. The minimum atomic E-state index is -3.73. The van der Waals surface area contributed by atoms with E-state index in [0.29, 0.717) is 64.7 Å². The summed E-state index contributed by atoms with van der Waals surface area (Å²) in [5, 5.41) is 18.2. The molecule has 6 aromatic heterocycles. The van der Waals surface area contributed by atoms with E-state index < -0.39 is 42.2 Å². The summed E-state index contributed by atoms with van der Waals surface area (Å²) >= 11 is 9.28. The van der Waals surface area contributed by atoms with Crippen molar-refractivity contribution >= 4 is 153 Å². The molecule has 3 fully saturated rings. The van der Waals surface area contributed by atoms with Gasteiger partial charge in [0.2, 0.25) is 28.0 Å². The van der Waals surface area contributed by atoms with Gasteiger partial charge in [-0.3, -0.25) is 28.5 Å². The highest BCUT2D eigenvalue weighted by molar-refractivity contribution is 7.93. The van der Waals surface area contributed by atoms with Crippen LogP contribution in [0, 0.1) is 11.6 Å². The molecule has 0 aliphatic carbocycles. The molecule has 15 rings (SSSR count). The number of aliphatic hydroxyl groups excluding tert-OH is 1. The van der Waals surface area contributed by atoms with Crippen LogP contribution in [-0.2, 0) is 51.0 Å².